The molecule has 1 saturated heterocycles. The van der Waals surface area contributed by atoms with Crippen LogP contribution in [0.25, 0.3) is 0 Å². The lowest BCUT2D eigenvalue weighted by molar-refractivity contribution is -0.142. The van der Waals surface area contributed by atoms with Gasteiger partial charge in [-0.1, -0.05) is 43.3 Å². The van der Waals surface area contributed by atoms with Crippen LogP contribution in [0.4, 0.5) is 13.2 Å². The molecule has 43 heavy (non-hydrogen) atoms. The number of fused-ring (bicyclic) bond motifs is 1. The predicted molar refractivity (Wildman–Crippen MR) is 151 cm³/mol. The molecule has 0 saturated carbocycles. The maximum absolute atomic E-state index is 14.0. The first-order valence-electron chi connectivity index (χ1n) is 14.1. The maximum atomic E-state index is 14.0. The number of nitrogens with zero attached hydrogens (tertiary/aromatic N) is 1. The van der Waals surface area contributed by atoms with Crippen LogP contribution in [0, 0.1) is 0 Å². The predicted octanol–water partition coefficient (Wildman–Crippen LogP) is 3.26. The monoisotopic (exact) mass is 624 g/mol. The van der Waals surface area contributed by atoms with Gasteiger partial charge < -0.3 is 25.0 Å². The highest BCUT2D eigenvalue weighted by Crippen LogP contribution is 2.32. The lowest BCUT2D eigenvalue weighted by Crippen LogP contribution is -2.52. The molecule has 4 rings (SSSR count). The molecule has 0 unspecified atom stereocenters. The number of hydrogen-bond donors (Lipinski definition) is 3. The van der Waals surface area contributed by atoms with Crippen molar-refractivity contribution in [3.63, 3.8) is 0 Å². The molecule has 1 heterocycles. The van der Waals surface area contributed by atoms with Crippen LogP contribution in [0.15, 0.2) is 48.5 Å². The van der Waals surface area contributed by atoms with Crippen molar-refractivity contribution in [2.45, 2.75) is 75.1 Å². The van der Waals surface area contributed by atoms with Crippen molar-refractivity contribution in [2.24, 2.45) is 0 Å². The van der Waals surface area contributed by atoms with Crippen molar-refractivity contribution in [2.75, 3.05) is 13.6 Å². The topological polar surface area (TPSA) is 134 Å². The number of carbonyl (C=O) groups excluding carboxylic acids is 3. The summed E-state index contributed by atoms with van der Waals surface area (Å²) in [6.07, 6.45) is 3.99. The summed E-state index contributed by atoms with van der Waals surface area (Å²) in [6.45, 7) is 2.04. The second kappa shape index (κ2) is 13.3. The van der Waals surface area contributed by atoms with Crippen LogP contribution in [0.2, 0.25) is 0 Å². The summed E-state index contributed by atoms with van der Waals surface area (Å²) in [4.78, 5) is 41.9. The molecule has 2 aliphatic rings. The third-order valence-electron chi connectivity index (χ3n) is 7.83. The number of likely N-dealkylation sites (tertiary alicyclic amines) is 1. The number of alkyl halides is 3. The fraction of sp³-hybridized carbons (Fsp3) is 0.483. The van der Waals surface area contributed by atoms with E-state index in [0.29, 0.717) is 19.3 Å². The Hall–Kier alpha value is -3.65. The third-order valence-corrected chi connectivity index (χ3v) is 8.81. The lowest BCUT2D eigenvalue weighted by atomic mass is 9.87. The molecule has 14 heteroatoms. The Labute approximate surface area is 248 Å². The summed E-state index contributed by atoms with van der Waals surface area (Å²) in [5.41, 5.74) is -3.22. The van der Waals surface area contributed by atoms with Crippen LogP contribution in [0.1, 0.15) is 67.8 Å². The molecule has 2 aromatic carbocycles. The van der Waals surface area contributed by atoms with E-state index in [9.17, 15) is 36.0 Å². The van der Waals surface area contributed by atoms with Crippen LogP contribution in [-0.4, -0.2) is 62.2 Å². The Kier molecular flexibility index (Phi) is 10.0. The van der Waals surface area contributed by atoms with E-state index >= 15 is 0 Å². The first kappa shape index (κ1) is 32.3. The zero-order valence-corrected chi connectivity index (χ0v) is 24.6. The van der Waals surface area contributed by atoms with Gasteiger partial charge in [-0.05, 0) is 74.4 Å². The van der Waals surface area contributed by atoms with E-state index in [1.807, 2.05) is 24.3 Å². The van der Waals surface area contributed by atoms with E-state index in [1.54, 1.807) is 14.0 Å². The largest absolute Gasteiger partial charge is 0.534 e. The van der Waals surface area contributed by atoms with Crippen LogP contribution in [0.5, 0.6) is 5.75 Å². The van der Waals surface area contributed by atoms with Gasteiger partial charge in [0.2, 0.25) is 17.7 Å². The highest BCUT2D eigenvalue weighted by Gasteiger charge is 2.48. The van der Waals surface area contributed by atoms with Crippen LogP contribution < -0.4 is 20.1 Å². The summed E-state index contributed by atoms with van der Waals surface area (Å²) in [5.74, 6) is -1.99. The smallest absolute Gasteiger partial charge is 0.376 e. The Morgan fingerprint density at radius 1 is 1.05 bits per heavy atom. The van der Waals surface area contributed by atoms with Crippen molar-refractivity contribution in [3.05, 3.63) is 65.2 Å². The van der Waals surface area contributed by atoms with Gasteiger partial charge >= 0.3 is 15.6 Å². The Balaban J connectivity index is 1.57. The summed E-state index contributed by atoms with van der Waals surface area (Å²) in [6, 6.07) is 9.33. The minimum Gasteiger partial charge on any atom is -0.376 e. The van der Waals surface area contributed by atoms with E-state index in [-0.39, 0.29) is 24.1 Å². The van der Waals surface area contributed by atoms with Crippen molar-refractivity contribution >= 4 is 27.8 Å². The standard InChI is InChI=1S/C29H35F3N4O6S/c1-3-22(33-2)26(37)35-25(19-13-15-20(16-14-19)42-43(40,41)29(30,31)32)28(39)36-17-7-12-24(36)27(38)34-23-11-6-9-18-8-4-5-10-21(18)23/h4-5,8,10,13-16,22-25,33H,3,6-7,9,11-12,17H2,1-2H3,(H,34,38)(H,35,37)/t22-,23+,24-,25-/m0/s1. The molecule has 0 spiro atoms. The Morgan fingerprint density at radius 2 is 1.74 bits per heavy atom. The average Bonchev–Trinajstić information content (AvgIpc) is 3.47. The summed E-state index contributed by atoms with van der Waals surface area (Å²) in [5, 5.41) is 8.65. The molecule has 4 atom stereocenters. The van der Waals surface area contributed by atoms with Gasteiger partial charge in [0, 0.05) is 6.54 Å². The molecule has 2 aromatic rings. The van der Waals surface area contributed by atoms with Crippen molar-refractivity contribution < 1.29 is 40.2 Å². The van der Waals surface area contributed by atoms with Crippen LogP contribution >= 0.6 is 0 Å². The fourth-order valence-electron chi connectivity index (χ4n) is 5.58. The van der Waals surface area contributed by atoms with Gasteiger partial charge in [-0.2, -0.15) is 21.6 Å². The molecule has 0 bridgehead atoms. The van der Waals surface area contributed by atoms with Gasteiger partial charge in [0.05, 0.1) is 12.1 Å². The SMILES string of the molecule is CC[C@H](NC)C(=O)N[C@H](C(=O)N1CCC[C@H]1C(=O)N[C@@H]1CCCc2ccccc21)c1ccc(OS(=O)(=O)C(F)(F)F)cc1. The molecule has 10 nitrogen and oxygen atoms in total. The highest BCUT2D eigenvalue weighted by molar-refractivity contribution is 7.88. The number of carbonyl (C=O) groups is 3. The van der Waals surface area contributed by atoms with E-state index in [1.165, 1.54) is 22.6 Å². The van der Waals surface area contributed by atoms with E-state index in [4.69, 9.17) is 0 Å². The maximum Gasteiger partial charge on any atom is 0.534 e. The molecule has 1 aliphatic heterocycles. The number of benzene rings is 2. The van der Waals surface area contributed by atoms with Crippen LogP contribution in [0.3, 0.4) is 0 Å². The van der Waals surface area contributed by atoms with Gasteiger partial charge in [0.25, 0.3) is 0 Å². The first-order chi connectivity index (χ1) is 20.4. The normalized spacial score (nSPS) is 20.1. The highest BCUT2D eigenvalue weighted by atomic mass is 32.2. The molecule has 1 fully saturated rings. The third kappa shape index (κ3) is 7.29. The second-order valence-corrected chi connectivity index (χ2v) is 12.1. The van der Waals surface area contributed by atoms with Gasteiger partial charge in [-0.25, -0.2) is 0 Å². The van der Waals surface area contributed by atoms with Gasteiger partial charge in [0.1, 0.15) is 17.8 Å². The molecular formula is C29H35F3N4O6S. The first-order valence-corrected chi connectivity index (χ1v) is 15.5. The van der Waals surface area contributed by atoms with Gasteiger partial charge in [0.15, 0.2) is 0 Å². The minimum atomic E-state index is -5.90. The summed E-state index contributed by atoms with van der Waals surface area (Å²) in [7, 11) is -4.31. The molecule has 234 valence electrons. The van der Waals surface area contributed by atoms with Crippen molar-refractivity contribution in [1.29, 1.82) is 0 Å². The Morgan fingerprint density at radius 3 is 2.40 bits per heavy atom. The molecular weight excluding hydrogens is 589 g/mol. The molecule has 0 radical (unpaired) electrons. The molecule has 3 N–H and O–H groups in total. The van der Waals surface area contributed by atoms with E-state index in [0.717, 1.165) is 37.0 Å². The number of halogens is 3. The molecule has 1 aliphatic carbocycles. The zero-order valence-electron chi connectivity index (χ0n) is 23.8. The lowest BCUT2D eigenvalue weighted by Gasteiger charge is -2.32. The van der Waals surface area contributed by atoms with Crippen molar-refractivity contribution in [1.82, 2.24) is 20.9 Å². The molecule has 0 aromatic heterocycles. The number of likely N-dealkylation sites (N-methyl/N-ethyl adjacent to an activating group) is 1. The van der Waals surface area contributed by atoms with Gasteiger partial charge in [-0.3, -0.25) is 14.4 Å². The molecule has 3 amide bonds. The summed E-state index contributed by atoms with van der Waals surface area (Å²) >= 11 is 0. The Bertz CT molecular complexity index is 1430. The van der Waals surface area contributed by atoms with E-state index in [2.05, 4.69) is 20.1 Å². The number of rotatable bonds is 10. The minimum absolute atomic E-state index is 0.174. The fourth-order valence-corrected chi connectivity index (χ4v) is 6.04. The number of amides is 3. The zero-order chi connectivity index (χ0) is 31.4. The number of nitrogens with one attached hydrogen (secondary N) is 3. The number of hydrogen-bond acceptors (Lipinski definition) is 7. The average molecular weight is 625 g/mol. The quantitative estimate of drug-likeness (QED) is 0.273. The van der Waals surface area contributed by atoms with Gasteiger partial charge in [-0.15, -0.1) is 0 Å². The van der Waals surface area contributed by atoms with Crippen LogP contribution in [-0.2, 0) is 30.9 Å². The van der Waals surface area contributed by atoms with Crippen molar-refractivity contribution in [3.8, 4) is 5.75 Å². The summed E-state index contributed by atoms with van der Waals surface area (Å²) < 4.78 is 65.3. The second-order valence-electron chi connectivity index (χ2n) is 10.6. The number of aryl methyl sites for hydroxylation is 1. The van der Waals surface area contributed by atoms with E-state index < -0.39 is 51.3 Å².